The number of aromatic nitrogens is 8. The third-order valence-corrected chi connectivity index (χ3v) is 9.33. The fourth-order valence-electron chi connectivity index (χ4n) is 6.22. The predicted octanol–water partition coefficient (Wildman–Crippen LogP) is 4.40. The van der Waals surface area contributed by atoms with Crippen molar-refractivity contribution in [3.8, 4) is 45.9 Å². The zero-order chi connectivity index (χ0) is 37.0. The average Bonchev–Trinajstić information content (AvgIpc) is 4.03. The molecule has 272 valence electrons. The number of aryl methyl sites for hydroxylation is 2. The van der Waals surface area contributed by atoms with Crippen LogP contribution in [0.15, 0.2) is 49.2 Å². The Morgan fingerprint density at radius 2 is 1.26 bits per heavy atom. The molecule has 0 unspecified atom stereocenters. The van der Waals surface area contributed by atoms with Crippen LogP contribution in [-0.4, -0.2) is 84.4 Å². The standard InChI is InChI=1S/C35H32F2N10O6/c1-46-22(5-16-7-27(38-11-24(16)46)43-31(48)18-9-20(18)36)29-26(13-42-45-35(29)51-4)52-15-53-34-30(33(50-3)40-14-41-34)23-6-17-8-28(39-12-25(17)47(23)2)44-32(49)19-10-21(19)37/h5-8,11-14,18-21H,9-10,15H2,1-4H3,(H,38,43,48)(H,39,44,49)/t18-,19-,20+,21+/m1/s1. The number of hydrogen-bond acceptors (Lipinski definition) is 12. The van der Waals surface area contributed by atoms with Gasteiger partial charge in [-0.1, -0.05) is 0 Å². The number of carbonyl (C=O) groups excluding carboxylic acids is 2. The SMILES string of the molecule is COc1nncc(OCOc2ncnc(OC)c2-c2cc3cc(NC(=O)[C@@H]4C[C@@H]4F)ncc3n2C)c1-c1cc2cc(NC(=O)[C@@H]3C[C@@H]3F)ncc2n1C. The molecule has 18 heteroatoms. The van der Waals surface area contributed by atoms with E-state index in [0.29, 0.717) is 34.2 Å². The van der Waals surface area contributed by atoms with Crippen LogP contribution in [0.3, 0.4) is 0 Å². The molecule has 4 atom stereocenters. The molecule has 0 radical (unpaired) electrons. The first kappa shape index (κ1) is 33.7. The number of halogens is 2. The molecule has 6 aromatic heterocycles. The van der Waals surface area contributed by atoms with Crippen LogP contribution in [0, 0.1) is 11.8 Å². The molecule has 53 heavy (non-hydrogen) atoms. The van der Waals surface area contributed by atoms with E-state index in [1.165, 1.54) is 26.7 Å². The molecule has 2 N–H and O–H groups in total. The number of nitrogens with one attached hydrogen (secondary N) is 2. The number of methoxy groups -OCH3 is 2. The second-order valence-electron chi connectivity index (χ2n) is 12.7. The smallest absolute Gasteiger partial charge is 0.246 e. The lowest BCUT2D eigenvalue weighted by Gasteiger charge is -2.16. The van der Waals surface area contributed by atoms with Crippen molar-refractivity contribution in [3.05, 3.63) is 49.2 Å². The highest BCUT2D eigenvalue weighted by atomic mass is 19.1. The van der Waals surface area contributed by atoms with E-state index < -0.39 is 36.0 Å². The number of ether oxygens (including phenoxy) is 4. The highest BCUT2D eigenvalue weighted by Crippen LogP contribution is 2.41. The fourth-order valence-corrected chi connectivity index (χ4v) is 6.22. The molecule has 0 aromatic carbocycles. The minimum atomic E-state index is -1.12. The fraction of sp³-hybridized carbons (Fsp3) is 0.314. The molecule has 2 aliphatic carbocycles. The minimum Gasteiger partial charge on any atom is -0.480 e. The first-order valence-electron chi connectivity index (χ1n) is 16.5. The van der Waals surface area contributed by atoms with Crippen LogP contribution in [0.25, 0.3) is 44.3 Å². The molecule has 2 saturated carbocycles. The van der Waals surface area contributed by atoms with E-state index in [-0.39, 0.29) is 43.0 Å². The summed E-state index contributed by atoms with van der Waals surface area (Å²) < 4.78 is 54.0. The monoisotopic (exact) mass is 726 g/mol. The van der Waals surface area contributed by atoms with Crippen molar-refractivity contribution in [2.75, 3.05) is 31.6 Å². The minimum absolute atomic E-state index is 0.151. The number of nitrogens with zero attached hydrogens (tertiary/aromatic N) is 8. The van der Waals surface area contributed by atoms with Crippen molar-refractivity contribution in [1.82, 2.24) is 39.3 Å². The molecule has 6 aromatic rings. The summed E-state index contributed by atoms with van der Waals surface area (Å²) in [6, 6.07) is 7.11. The van der Waals surface area contributed by atoms with Gasteiger partial charge in [0.2, 0.25) is 36.2 Å². The summed E-state index contributed by atoms with van der Waals surface area (Å²) >= 11 is 0. The number of carbonyl (C=O) groups is 2. The Morgan fingerprint density at radius 3 is 1.79 bits per heavy atom. The van der Waals surface area contributed by atoms with Crippen molar-refractivity contribution < 1.29 is 37.3 Å². The molecule has 0 bridgehead atoms. The molecule has 0 saturated heterocycles. The molecule has 0 aliphatic heterocycles. The van der Waals surface area contributed by atoms with Crippen LogP contribution in [0.1, 0.15) is 12.8 Å². The van der Waals surface area contributed by atoms with Gasteiger partial charge in [-0.3, -0.25) is 9.59 Å². The Hall–Kier alpha value is -6.46. The van der Waals surface area contributed by atoms with Crippen molar-refractivity contribution in [1.29, 1.82) is 0 Å². The third-order valence-electron chi connectivity index (χ3n) is 9.33. The van der Waals surface area contributed by atoms with Crippen LogP contribution in [0.5, 0.6) is 23.4 Å². The summed E-state index contributed by atoms with van der Waals surface area (Å²) in [6.07, 6.45) is 4.13. The van der Waals surface area contributed by atoms with E-state index in [2.05, 4.69) is 40.8 Å². The Labute approximate surface area is 299 Å². The number of alkyl halides is 2. The summed E-state index contributed by atoms with van der Waals surface area (Å²) in [7, 11) is 6.59. The summed E-state index contributed by atoms with van der Waals surface area (Å²) in [5.41, 5.74) is 3.64. The van der Waals surface area contributed by atoms with Crippen molar-refractivity contribution in [2.45, 2.75) is 25.2 Å². The molecule has 2 fully saturated rings. The predicted molar refractivity (Wildman–Crippen MR) is 186 cm³/mol. The summed E-state index contributed by atoms with van der Waals surface area (Å²) in [6.45, 7) is -0.328. The van der Waals surface area contributed by atoms with Crippen LogP contribution >= 0.6 is 0 Å². The highest BCUT2D eigenvalue weighted by molar-refractivity contribution is 5.98. The molecule has 16 nitrogen and oxygen atoms in total. The lowest BCUT2D eigenvalue weighted by atomic mass is 10.2. The van der Waals surface area contributed by atoms with Gasteiger partial charge in [-0.15, -0.1) is 5.10 Å². The molecular weight excluding hydrogens is 694 g/mol. The Bertz CT molecular complexity index is 2250. The Balaban J connectivity index is 1.06. The highest BCUT2D eigenvalue weighted by Gasteiger charge is 2.44. The maximum Gasteiger partial charge on any atom is 0.246 e. The number of hydrogen-bond donors (Lipinski definition) is 2. The Morgan fingerprint density at radius 1 is 0.736 bits per heavy atom. The van der Waals surface area contributed by atoms with Gasteiger partial charge in [0.15, 0.2) is 5.75 Å². The van der Waals surface area contributed by atoms with E-state index in [0.717, 1.165) is 21.8 Å². The van der Waals surface area contributed by atoms with Crippen LogP contribution in [-0.2, 0) is 23.7 Å². The van der Waals surface area contributed by atoms with E-state index >= 15 is 0 Å². The number of fused-ring (bicyclic) bond motifs is 2. The normalized spacial score (nSPS) is 18.8. The number of anilines is 2. The molecule has 8 rings (SSSR count). The van der Waals surface area contributed by atoms with Crippen molar-refractivity contribution in [2.24, 2.45) is 25.9 Å². The van der Waals surface area contributed by atoms with Crippen LogP contribution in [0.4, 0.5) is 20.4 Å². The molecule has 2 aliphatic rings. The number of amides is 2. The van der Waals surface area contributed by atoms with Gasteiger partial charge in [0.25, 0.3) is 0 Å². The molecular formula is C35H32F2N10O6. The van der Waals surface area contributed by atoms with Gasteiger partial charge in [0, 0.05) is 24.9 Å². The first-order chi connectivity index (χ1) is 25.6. The summed E-state index contributed by atoms with van der Waals surface area (Å²) in [5.74, 6) is -0.643. The topological polar surface area (TPSA) is 182 Å². The quantitative estimate of drug-likeness (QED) is 0.170. The zero-order valence-electron chi connectivity index (χ0n) is 28.8. The molecule has 2 amide bonds. The van der Waals surface area contributed by atoms with Gasteiger partial charge in [0.1, 0.15) is 41.4 Å². The Kier molecular flexibility index (Phi) is 8.42. The molecule has 6 heterocycles. The zero-order valence-corrected chi connectivity index (χ0v) is 28.8. The lowest BCUT2D eigenvalue weighted by Crippen LogP contribution is -2.15. The van der Waals surface area contributed by atoms with Crippen LogP contribution in [0.2, 0.25) is 0 Å². The average molecular weight is 727 g/mol. The summed E-state index contributed by atoms with van der Waals surface area (Å²) in [4.78, 5) is 42.0. The van der Waals surface area contributed by atoms with Gasteiger partial charge >= 0.3 is 0 Å². The maximum atomic E-state index is 13.4. The van der Waals surface area contributed by atoms with Crippen molar-refractivity contribution >= 4 is 45.3 Å². The first-order valence-corrected chi connectivity index (χ1v) is 16.5. The largest absolute Gasteiger partial charge is 0.480 e. The van der Waals surface area contributed by atoms with Gasteiger partial charge in [-0.05, 0) is 37.1 Å². The second kappa shape index (κ2) is 13.3. The number of rotatable bonds is 12. The van der Waals surface area contributed by atoms with Gasteiger partial charge < -0.3 is 38.7 Å². The number of pyridine rings is 2. The van der Waals surface area contributed by atoms with Crippen LogP contribution < -0.4 is 29.6 Å². The van der Waals surface area contributed by atoms with E-state index in [9.17, 15) is 18.4 Å². The maximum absolute atomic E-state index is 13.4. The van der Waals surface area contributed by atoms with E-state index in [4.69, 9.17) is 18.9 Å². The van der Waals surface area contributed by atoms with Crippen molar-refractivity contribution in [3.63, 3.8) is 0 Å². The second-order valence-corrected chi connectivity index (χ2v) is 12.7. The molecule has 0 spiro atoms. The van der Waals surface area contributed by atoms with E-state index in [1.54, 1.807) is 24.5 Å². The summed E-state index contributed by atoms with van der Waals surface area (Å²) in [5, 5.41) is 15.0. The lowest BCUT2D eigenvalue weighted by molar-refractivity contribution is -0.118. The third kappa shape index (κ3) is 6.25. The van der Waals surface area contributed by atoms with E-state index in [1.807, 2.05) is 35.4 Å². The van der Waals surface area contributed by atoms with Gasteiger partial charge in [0.05, 0.1) is 67.1 Å². The van der Waals surface area contributed by atoms with Gasteiger partial charge in [-0.2, -0.15) is 5.10 Å². The van der Waals surface area contributed by atoms with Gasteiger partial charge in [-0.25, -0.2) is 28.7 Å².